The Balaban J connectivity index is 2.05. The van der Waals surface area contributed by atoms with Crippen molar-refractivity contribution in [1.82, 2.24) is 0 Å². The van der Waals surface area contributed by atoms with Crippen LogP contribution in [-0.2, 0) is 9.53 Å². The van der Waals surface area contributed by atoms with Crippen molar-refractivity contribution in [2.24, 2.45) is 0 Å². The van der Waals surface area contributed by atoms with Crippen LogP contribution in [0.25, 0.3) is 11.1 Å². The van der Waals surface area contributed by atoms with E-state index in [0.29, 0.717) is 12.1 Å². The van der Waals surface area contributed by atoms with Crippen LogP contribution in [0.15, 0.2) is 54.6 Å². The molecule has 0 radical (unpaired) electrons. The van der Waals surface area contributed by atoms with Crippen LogP contribution in [0.3, 0.4) is 0 Å². The van der Waals surface area contributed by atoms with Gasteiger partial charge < -0.3 is 5.32 Å². The Kier molecular flexibility index (Phi) is 5.98. The highest BCUT2D eigenvalue weighted by molar-refractivity contribution is 5.94. The molecule has 128 valence electrons. The average Bonchev–Trinajstić information content (AvgIpc) is 2.55. The maximum absolute atomic E-state index is 12.4. The zero-order valence-electron chi connectivity index (χ0n) is 13.1. The molecule has 2 aromatic rings. The van der Waals surface area contributed by atoms with Crippen LogP contribution in [0.5, 0.6) is 0 Å². The monoisotopic (exact) mass is 337 g/mol. The first-order valence-electron chi connectivity index (χ1n) is 7.60. The molecule has 1 N–H and O–H groups in total. The Hall–Kier alpha value is -2.34. The number of ether oxygens (including phenoxy) is 1. The second kappa shape index (κ2) is 7.97. The lowest BCUT2D eigenvalue weighted by Gasteiger charge is -2.18. The molecule has 6 heteroatoms. The van der Waals surface area contributed by atoms with Crippen molar-refractivity contribution in [3.05, 3.63) is 54.6 Å². The van der Waals surface area contributed by atoms with Crippen molar-refractivity contribution in [3.8, 4) is 11.1 Å². The summed E-state index contributed by atoms with van der Waals surface area (Å²) in [5, 5.41) is 2.46. The number of benzene rings is 2. The van der Waals surface area contributed by atoms with E-state index in [2.05, 4.69) is 10.1 Å². The number of hydrogen-bond donors (Lipinski definition) is 1. The van der Waals surface area contributed by atoms with Crippen LogP contribution in [0, 0.1) is 0 Å². The maximum Gasteiger partial charge on any atom is 0.523 e. The molecular formula is C18H18F3NO2. The molecule has 24 heavy (non-hydrogen) atoms. The molecule has 0 saturated carbocycles. The quantitative estimate of drug-likeness (QED) is 0.806. The molecule has 0 saturated heterocycles. The van der Waals surface area contributed by atoms with Crippen molar-refractivity contribution < 1.29 is 22.7 Å². The van der Waals surface area contributed by atoms with Crippen LogP contribution >= 0.6 is 0 Å². The number of alkyl halides is 3. The van der Waals surface area contributed by atoms with Crippen LogP contribution in [0.1, 0.15) is 19.8 Å². The fourth-order valence-corrected chi connectivity index (χ4v) is 2.27. The fourth-order valence-electron chi connectivity index (χ4n) is 2.27. The molecule has 0 bridgehead atoms. The van der Waals surface area contributed by atoms with E-state index in [-0.39, 0.29) is 6.42 Å². The van der Waals surface area contributed by atoms with Crippen molar-refractivity contribution in [3.63, 3.8) is 0 Å². The Morgan fingerprint density at radius 3 is 2.17 bits per heavy atom. The maximum atomic E-state index is 12.4. The van der Waals surface area contributed by atoms with E-state index in [1.807, 2.05) is 30.3 Å². The summed E-state index contributed by atoms with van der Waals surface area (Å²) < 4.78 is 41.0. The van der Waals surface area contributed by atoms with Crippen LogP contribution in [0.4, 0.5) is 18.9 Å². The van der Waals surface area contributed by atoms with E-state index in [1.54, 1.807) is 31.2 Å². The SMILES string of the molecule is CCCC(OC(F)(F)F)C(=O)Nc1ccc(-c2ccccc2)cc1. The van der Waals surface area contributed by atoms with E-state index < -0.39 is 18.4 Å². The smallest absolute Gasteiger partial charge is 0.324 e. The van der Waals surface area contributed by atoms with Crippen LogP contribution in [-0.4, -0.2) is 18.4 Å². The molecule has 0 spiro atoms. The zero-order chi connectivity index (χ0) is 17.6. The third-order valence-corrected chi connectivity index (χ3v) is 3.38. The summed E-state index contributed by atoms with van der Waals surface area (Å²) >= 11 is 0. The minimum absolute atomic E-state index is 0.00651. The number of halogens is 3. The van der Waals surface area contributed by atoms with Gasteiger partial charge in [-0.25, -0.2) is 0 Å². The highest BCUT2D eigenvalue weighted by Gasteiger charge is 2.36. The van der Waals surface area contributed by atoms with Crippen molar-refractivity contribution in [1.29, 1.82) is 0 Å². The second-order valence-electron chi connectivity index (χ2n) is 5.27. The predicted octanol–water partition coefficient (Wildman–Crippen LogP) is 5.00. The van der Waals surface area contributed by atoms with Crippen molar-refractivity contribution >= 4 is 11.6 Å². The van der Waals surface area contributed by atoms with Gasteiger partial charge in [-0.2, -0.15) is 0 Å². The molecule has 1 atom stereocenters. The molecule has 3 nitrogen and oxygen atoms in total. The van der Waals surface area contributed by atoms with Gasteiger partial charge in [0.25, 0.3) is 5.91 Å². The van der Waals surface area contributed by atoms with Gasteiger partial charge >= 0.3 is 6.36 Å². The largest absolute Gasteiger partial charge is 0.523 e. The lowest BCUT2D eigenvalue weighted by atomic mass is 10.1. The Bertz CT molecular complexity index is 654. The van der Waals surface area contributed by atoms with E-state index in [1.165, 1.54) is 0 Å². The minimum atomic E-state index is -4.84. The average molecular weight is 337 g/mol. The molecule has 1 unspecified atom stereocenters. The lowest BCUT2D eigenvalue weighted by Crippen LogP contribution is -2.35. The second-order valence-corrected chi connectivity index (χ2v) is 5.27. The molecule has 0 fully saturated rings. The normalized spacial score (nSPS) is 12.7. The molecule has 2 rings (SSSR count). The Morgan fingerprint density at radius 1 is 1.04 bits per heavy atom. The van der Waals surface area contributed by atoms with Crippen molar-refractivity contribution in [2.45, 2.75) is 32.2 Å². The van der Waals surface area contributed by atoms with Crippen LogP contribution in [0.2, 0.25) is 0 Å². The molecule has 0 aliphatic rings. The van der Waals surface area contributed by atoms with Gasteiger partial charge in [0.1, 0.15) is 6.10 Å². The third-order valence-electron chi connectivity index (χ3n) is 3.38. The number of hydrogen-bond acceptors (Lipinski definition) is 2. The molecule has 0 aromatic heterocycles. The Morgan fingerprint density at radius 2 is 1.62 bits per heavy atom. The number of nitrogens with one attached hydrogen (secondary N) is 1. The molecular weight excluding hydrogens is 319 g/mol. The Labute approximate surface area is 138 Å². The van der Waals surface area contributed by atoms with Gasteiger partial charge in [0.05, 0.1) is 0 Å². The third kappa shape index (κ3) is 5.38. The van der Waals surface area contributed by atoms with Gasteiger partial charge in [0.15, 0.2) is 0 Å². The molecule has 2 aromatic carbocycles. The number of anilines is 1. The lowest BCUT2D eigenvalue weighted by molar-refractivity contribution is -0.337. The van der Waals surface area contributed by atoms with Crippen LogP contribution < -0.4 is 5.32 Å². The number of rotatable bonds is 6. The van der Waals surface area contributed by atoms with E-state index in [4.69, 9.17) is 0 Å². The molecule has 0 heterocycles. The summed E-state index contributed by atoms with van der Waals surface area (Å²) in [4.78, 5) is 12.0. The summed E-state index contributed by atoms with van der Waals surface area (Å²) in [5.41, 5.74) is 2.39. The number of carbonyl (C=O) groups excluding carboxylic acids is 1. The van der Waals surface area contributed by atoms with Crippen molar-refractivity contribution in [2.75, 3.05) is 5.32 Å². The number of carbonyl (C=O) groups is 1. The summed E-state index contributed by atoms with van der Waals surface area (Å²) in [6.07, 6.45) is -5.99. The highest BCUT2D eigenvalue weighted by Crippen LogP contribution is 2.23. The summed E-state index contributed by atoms with van der Waals surface area (Å²) in [6.45, 7) is 1.69. The van der Waals surface area contributed by atoms with Gasteiger partial charge in [-0.3, -0.25) is 9.53 Å². The van der Waals surface area contributed by atoms with Gasteiger partial charge in [-0.1, -0.05) is 55.8 Å². The molecule has 1 amide bonds. The first-order chi connectivity index (χ1) is 11.4. The highest BCUT2D eigenvalue weighted by atomic mass is 19.4. The summed E-state index contributed by atoms with van der Waals surface area (Å²) in [5.74, 6) is -0.804. The number of amides is 1. The molecule has 0 aliphatic heterocycles. The minimum Gasteiger partial charge on any atom is -0.324 e. The summed E-state index contributed by atoms with van der Waals surface area (Å²) in [7, 11) is 0. The van der Waals surface area contributed by atoms with Gasteiger partial charge in [-0.05, 0) is 29.7 Å². The topological polar surface area (TPSA) is 38.3 Å². The van der Waals surface area contributed by atoms with E-state index in [9.17, 15) is 18.0 Å². The first-order valence-corrected chi connectivity index (χ1v) is 7.60. The van der Waals surface area contributed by atoms with Gasteiger partial charge in [0, 0.05) is 5.69 Å². The van der Waals surface area contributed by atoms with E-state index >= 15 is 0 Å². The van der Waals surface area contributed by atoms with Gasteiger partial charge in [0.2, 0.25) is 0 Å². The van der Waals surface area contributed by atoms with E-state index in [0.717, 1.165) is 11.1 Å². The molecule has 0 aliphatic carbocycles. The zero-order valence-corrected chi connectivity index (χ0v) is 13.1. The fraction of sp³-hybridized carbons (Fsp3) is 0.278. The summed E-state index contributed by atoms with van der Waals surface area (Å²) in [6, 6.07) is 16.5. The first kappa shape index (κ1) is 18.0. The predicted molar refractivity (Wildman–Crippen MR) is 86.3 cm³/mol. The standard InChI is InChI=1S/C18H18F3NO2/c1-2-6-16(24-18(19,20)21)17(23)22-15-11-9-14(10-12-15)13-7-4-3-5-8-13/h3-5,7-12,16H,2,6H2,1H3,(H,22,23). The van der Waals surface area contributed by atoms with Gasteiger partial charge in [-0.15, -0.1) is 13.2 Å².